The molecule has 0 fully saturated rings. The van der Waals surface area contributed by atoms with Crippen molar-refractivity contribution in [1.82, 2.24) is 9.97 Å². The molecule has 0 spiro atoms. The molecule has 0 aliphatic rings. The molecule has 0 atom stereocenters. The molecular formula is C44H48N2O7. The van der Waals surface area contributed by atoms with Crippen molar-refractivity contribution in [1.29, 1.82) is 0 Å². The van der Waals surface area contributed by atoms with Crippen molar-refractivity contribution in [3.05, 3.63) is 120 Å². The van der Waals surface area contributed by atoms with Crippen molar-refractivity contribution in [2.45, 2.75) is 13.8 Å². The molecule has 0 aliphatic heterocycles. The van der Waals surface area contributed by atoms with E-state index in [0.29, 0.717) is 79.3 Å². The largest absolute Gasteiger partial charge is 0.491 e. The molecule has 0 saturated heterocycles. The van der Waals surface area contributed by atoms with Crippen molar-refractivity contribution in [2.24, 2.45) is 0 Å². The van der Waals surface area contributed by atoms with E-state index in [2.05, 4.69) is 62.4 Å². The standard InChI is InChI=1S/C44H48N2O7/c1-33-6-13-40(14-7-33)52-28-26-50-24-22-48-20-18-47-19-21-49-23-25-51-27-29-53-41-15-10-35(11-16-41)42-17-12-36-8-9-38-31-39(32-45-43(38)44(36)46-42)37-5-3-4-34(2)30-37/h3-17,30-32H,18-29H2,1-2H3. The third kappa shape index (κ3) is 11.8. The fourth-order valence-electron chi connectivity index (χ4n) is 5.70. The Balaban J connectivity index is 0.797. The van der Waals surface area contributed by atoms with Crippen LogP contribution in [-0.4, -0.2) is 89.3 Å². The van der Waals surface area contributed by atoms with Crippen LogP contribution in [0.15, 0.2) is 109 Å². The predicted octanol–water partition coefficient (Wildman–Crippen LogP) is 8.27. The van der Waals surface area contributed by atoms with Gasteiger partial charge in [0, 0.05) is 28.1 Å². The van der Waals surface area contributed by atoms with Crippen LogP contribution in [0.5, 0.6) is 11.5 Å². The highest BCUT2D eigenvalue weighted by molar-refractivity contribution is 6.04. The molecule has 0 aliphatic carbocycles. The molecule has 2 heterocycles. The van der Waals surface area contributed by atoms with Crippen molar-refractivity contribution < 1.29 is 33.2 Å². The molecule has 0 amide bonds. The Morgan fingerprint density at radius 3 is 1.53 bits per heavy atom. The van der Waals surface area contributed by atoms with Crippen LogP contribution in [0.1, 0.15) is 11.1 Å². The first-order chi connectivity index (χ1) is 26.1. The van der Waals surface area contributed by atoms with Gasteiger partial charge in [-0.15, -0.1) is 0 Å². The Hall–Kier alpha value is -4.90. The molecule has 0 bridgehead atoms. The summed E-state index contributed by atoms with van der Waals surface area (Å²) in [7, 11) is 0. The number of aryl methyl sites for hydroxylation is 2. The molecule has 9 heteroatoms. The normalized spacial score (nSPS) is 11.4. The number of ether oxygens (including phenoxy) is 7. The maximum Gasteiger partial charge on any atom is 0.119 e. The monoisotopic (exact) mass is 716 g/mol. The Morgan fingerprint density at radius 2 is 0.943 bits per heavy atom. The van der Waals surface area contributed by atoms with Crippen LogP contribution >= 0.6 is 0 Å². The van der Waals surface area contributed by atoms with Crippen LogP contribution in [0.2, 0.25) is 0 Å². The topological polar surface area (TPSA) is 90.4 Å². The van der Waals surface area contributed by atoms with Crippen LogP contribution in [0.25, 0.3) is 44.2 Å². The summed E-state index contributed by atoms with van der Waals surface area (Å²) < 4.78 is 39.3. The van der Waals surface area contributed by atoms with Gasteiger partial charge in [-0.05, 0) is 67.9 Å². The quantitative estimate of drug-likeness (QED) is 0.0509. The predicted molar refractivity (Wildman–Crippen MR) is 209 cm³/mol. The van der Waals surface area contributed by atoms with E-state index < -0.39 is 0 Å². The highest BCUT2D eigenvalue weighted by atomic mass is 16.6. The molecule has 0 unspecified atom stereocenters. The van der Waals surface area contributed by atoms with Gasteiger partial charge in [0.2, 0.25) is 0 Å². The SMILES string of the molecule is Cc1ccc(OCCOCCOCCOCCOCCOCCOc2ccc(-c3ccc4ccc5cc(-c6cccc(C)c6)cnc5c4n3)cc2)cc1. The number of fused-ring (bicyclic) bond motifs is 3. The molecule has 6 rings (SSSR count). The zero-order valence-electron chi connectivity index (χ0n) is 30.6. The molecule has 2 aromatic heterocycles. The van der Waals surface area contributed by atoms with Gasteiger partial charge in [-0.1, -0.05) is 65.7 Å². The number of rotatable bonds is 22. The van der Waals surface area contributed by atoms with E-state index in [1.807, 2.05) is 60.8 Å². The second-order valence-electron chi connectivity index (χ2n) is 12.6. The van der Waals surface area contributed by atoms with Crippen LogP contribution in [0.4, 0.5) is 0 Å². The van der Waals surface area contributed by atoms with E-state index >= 15 is 0 Å². The molecule has 4 aromatic carbocycles. The Bertz CT molecular complexity index is 2000. The van der Waals surface area contributed by atoms with Crippen molar-refractivity contribution in [3.8, 4) is 33.9 Å². The summed E-state index contributed by atoms with van der Waals surface area (Å²) in [5.74, 6) is 1.63. The summed E-state index contributed by atoms with van der Waals surface area (Å²) in [6.45, 7) is 10.2. The fourth-order valence-corrected chi connectivity index (χ4v) is 5.70. The first-order valence-electron chi connectivity index (χ1n) is 18.2. The fraction of sp³-hybridized carbons (Fsp3) is 0.318. The summed E-state index contributed by atoms with van der Waals surface area (Å²) in [6.07, 6.45) is 1.94. The molecule has 276 valence electrons. The van der Waals surface area contributed by atoms with E-state index in [0.717, 1.165) is 55.7 Å². The minimum atomic E-state index is 0.450. The van der Waals surface area contributed by atoms with Gasteiger partial charge in [-0.25, -0.2) is 4.98 Å². The minimum Gasteiger partial charge on any atom is -0.491 e. The first kappa shape index (κ1) is 37.8. The Kier molecular flexibility index (Phi) is 14.5. The van der Waals surface area contributed by atoms with Crippen LogP contribution in [0.3, 0.4) is 0 Å². The van der Waals surface area contributed by atoms with Gasteiger partial charge in [0.05, 0.1) is 82.8 Å². The lowest BCUT2D eigenvalue weighted by atomic mass is 10.0. The molecule has 0 saturated carbocycles. The van der Waals surface area contributed by atoms with E-state index in [1.165, 1.54) is 11.1 Å². The lowest BCUT2D eigenvalue weighted by molar-refractivity contribution is -0.0141. The third-order valence-electron chi connectivity index (χ3n) is 8.51. The Labute approximate surface area is 311 Å². The summed E-state index contributed by atoms with van der Waals surface area (Å²) in [4.78, 5) is 9.87. The highest BCUT2D eigenvalue weighted by Gasteiger charge is 2.09. The molecule has 9 nitrogen and oxygen atoms in total. The average molecular weight is 717 g/mol. The maximum atomic E-state index is 5.88. The number of hydrogen-bond donors (Lipinski definition) is 0. The molecule has 53 heavy (non-hydrogen) atoms. The van der Waals surface area contributed by atoms with Crippen molar-refractivity contribution in [2.75, 3.05) is 79.3 Å². The van der Waals surface area contributed by atoms with Gasteiger partial charge in [-0.2, -0.15) is 0 Å². The van der Waals surface area contributed by atoms with Gasteiger partial charge in [0.1, 0.15) is 24.7 Å². The van der Waals surface area contributed by atoms with Crippen LogP contribution < -0.4 is 9.47 Å². The lowest BCUT2D eigenvalue weighted by Gasteiger charge is -2.10. The molecular weight excluding hydrogens is 668 g/mol. The number of benzene rings is 4. The molecule has 6 aromatic rings. The molecule has 0 N–H and O–H groups in total. The maximum absolute atomic E-state index is 5.88. The van der Waals surface area contributed by atoms with Gasteiger partial charge < -0.3 is 33.2 Å². The van der Waals surface area contributed by atoms with Crippen LogP contribution in [-0.2, 0) is 23.7 Å². The zero-order valence-corrected chi connectivity index (χ0v) is 30.6. The van der Waals surface area contributed by atoms with Gasteiger partial charge >= 0.3 is 0 Å². The first-order valence-corrected chi connectivity index (χ1v) is 18.2. The van der Waals surface area contributed by atoms with E-state index in [-0.39, 0.29) is 0 Å². The highest BCUT2D eigenvalue weighted by Crippen LogP contribution is 2.30. The Morgan fingerprint density at radius 1 is 0.415 bits per heavy atom. The van der Waals surface area contributed by atoms with E-state index in [1.54, 1.807) is 0 Å². The molecule has 0 radical (unpaired) electrons. The third-order valence-corrected chi connectivity index (χ3v) is 8.51. The van der Waals surface area contributed by atoms with Crippen molar-refractivity contribution >= 4 is 21.8 Å². The smallest absolute Gasteiger partial charge is 0.119 e. The van der Waals surface area contributed by atoms with E-state index in [4.69, 9.17) is 43.1 Å². The lowest BCUT2D eigenvalue weighted by Crippen LogP contribution is -2.15. The number of nitrogens with zero attached hydrogens (tertiary/aromatic N) is 2. The van der Waals surface area contributed by atoms with Gasteiger partial charge in [0.15, 0.2) is 0 Å². The van der Waals surface area contributed by atoms with Crippen molar-refractivity contribution in [3.63, 3.8) is 0 Å². The second kappa shape index (κ2) is 20.4. The average Bonchev–Trinajstić information content (AvgIpc) is 3.19. The van der Waals surface area contributed by atoms with Crippen LogP contribution in [0, 0.1) is 13.8 Å². The second-order valence-corrected chi connectivity index (χ2v) is 12.6. The zero-order chi connectivity index (χ0) is 36.5. The number of hydrogen-bond acceptors (Lipinski definition) is 9. The number of aromatic nitrogens is 2. The summed E-state index contributed by atoms with van der Waals surface area (Å²) in [6, 6.07) is 35.0. The van der Waals surface area contributed by atoms with Gasteiger partial charge in [0.25, 0.3) is 0 Å². The minimum absolute atomic E-state index is 0.450. The summed E-state index contributed by atoms with van der Waals surface area (Å²) >= 11 is 0. The van der Waals surface area contributed by atoms with Gasteiger partial charge in [-0.3, -0.25) is 4.98 Å². The summed E-state index contributed by atoms with van der Waals surface area (Å²) in [5, 5.41) is 2.13. The number of pyridine rings is 2. The van der Waals surface area contributed by atoms with E-state index in [9.17, 15) is 0 Å². The summed E-state index contributed by atoms with van der Waals surface area (Å²) in [5.41, 5.74) is 8.39.